The molecule has 1 aliphatic rings. The van der Waals surface area contributed by atoms with Crippen molar-refractivity contribution < 1.29 is 14.3 Å². The van der Waals surface area contributed by atoms with E-state index in [9.17, 15) is 4.79 Å². The predicted octanol–water partition coefficient (Wildman–Crippen LogP) is 5.36. The quantitative estimate of drug-likeness (QED) is 0.489. The van der Waals surface area contributed by atoms with Gasteiger partial charge in [0.1, 0.15) is 22.9 Å². The largest absolute Gasteiger partial charge is 0.444 e. The molecule has 2 N–H and O–H groups in total. The number of amides is 1. The van der Waals surface area contributed by atoms with Crippen molar-refractivity contribution in [3.05, 3.63) is 67.0 Å². The second-order valence-electron chi connectivity index (χ2n) is 9.28. The van der Waals surface area contributed by atoms with E-state index >= 15 is 0 Å². The van der Waals surface area contributed by atoms with Crippen LogP contribution in [0.5, 0.6) is 11.6 Å². The van der Waals surface area contributed by atoms with Crippen molar-refractivity contribution in [1.29, 1.82) is 0 Å². The number of carbonyl (C=O) groups is 1. The van der Waals surface area contributed by atoms with Gasteiger partial charge in [0.05, 0.1) is 0 Å². The average molecular weight is 462 g/mol. The Kier molecular flexibility index (Phi) is 7.15. The summed E-state index contributed by atoms with van der Waals surface area (Å²) in [6, 6.07) is 17.4. The van der Waals surface area contributed by atoms with Crippen LogP contribution in [-0.2, 0) is 4.74 Å². The SMILES string of the molecule is CC(C)(C)OC(=O)NCC1CCN(c2cccnc2Oc2ccc(Nc3ccccn3)cc2)C1. The summed E-state index contributed by atoms with van der Waals surface area (Å²) in [4.78, 5) is 23.0. The Morgan fingerprint density at radius 2 is 1.85 bits per heavy atom. The zero-order chi connectivity index (χ0) is 24.0. The molecule has 2 aromatic heterocycles. The van der Waals surface area contributed by atoms with E-state index < -0.39 is 5.60 Å². The molecule has 0 radical (unpaired) electrons. The Hall–Kier alpha value is -3.81. The van der Waals surface area contributed by atoms with Crippen LogP contribution in [0.25, 0.3) is 0 Å². The maximum Gasteiger partial charge on any atom is 0.407 e. The molecule has 34 heavy (non-hydrogen) atoms. The Morgan fingerprint density at radius 1 is 1.06 bits per heavy atom. The molecular weight excluding hydrogens is 430 g/mol. The van der Waals surface area contributed by atoms with E-state index in [-0.39, 0.29) is 6.09 Å². The van der Waals surface area contributed by atoms with Crippen LogP contribution in [0.2, 0.25) is 0 Å². The Bertz CT molecular complexity index is 1080. The zero-order valence-corrected chi connectivity index (χ0v) is 19.8. The highest BCUT2D eigenvalue weighted by Gasteiger charge is 2.26. The van der Waals surface area contributed by atoms with Gasteiger partial charge in [-0.25, -0.2) is 14.8 Å². The van der Waals surface area contributed by atoms with Crippen molar-refractivity contribution in [3.63, 3.8) is 0 Å². The van der Waals surface area contributed by atoms with Crippen molar-refractivity contribution in [3.8, 4) is 11.6 Å². The molecule has 0 saturated carbocycles. The van der Waals surface area contributed by atoms with Gasteiger partial charge in [-0.1, -0.05) is 6.07 Å². The highest BCUT2D eigenvalue weighted by Crippen LogP contribution is 2.33. The van der Waals surface area contributed by atoms with Gasteiger partial charge in [-0.15, -0.1) is 0 Å². The lowest BCUT2D eigenvalue weighted by atomic mass is 10.1. The predicted molar refractivity (Wildman–Crippen MR) is 133 cm³/mol. The summed E-state index contributed by atoms with van der Waals surface area (Å²) < 4.78 is 11.5. The first-order chi connectivity index (χ1) is 16.4. The molecule has 1 fully saturated rings. The van der Waals surface area contributed by atoms with Crippen LogP contribution in [0.1, 0.15) is 27.2 Å². The molecule has 3 aromatic rings. The van der Waals surface area contributed by atoms with E-state index in [0.29, 0.717) is 24.1 Å². The van der Waals surface area contributed by atoms with Crippen LogP contribution >= 0.6 is 0 Å². The van der Waals surface area contributed by atoms with Crippen molar-refractivity contribution in [2.24, 2.45) is 5.92 Å². The fourth-order valence-corrected chi connectivity index (χ4v) is 3.76. The van der Waals surface area contributed by atoms with Crippen LogP contribution in [-0.4, -0.2) is 41.3 Å². The number of rotatable bonds is 7. The lowest BCUT2D eigenvalue weighted by molar-refractivity contribution is 0.0520. The Labute approximate surface area is 200 Å². The van der Waals surface area contributed by atoms with Crippen molar-refractivity contribution >= 4 is 23.3 Å². The molecule has 8 heteroatoms. The van der Waals surface area contributed by atoms with Gasteiger partial charge < -0.3 is 25.0 Å². The summed E-state index contributed by atoms with van der Waals surface area (Å²) in [5.41, 5.74) is 1.37. The third kappa shape index (κ3) is 6.60. The van der Waals surface area contributed by atoms with Crippen molar-refractivity contribution in [2.45, 2.75) is 32.8 Å². The van der Waals surface area contributed by atoms with Gasteiger partial charge in [0.25, 0.3) is 0 Å². The van der Waals surface area contributed by atoms with Gasteiger partial charge >= 0.3 is 6.09 Å². The highest BCUT2D eigenvalue weighted by molar-refractivity contribution is 5.67. The minimum Gasteiger partial charge on any atom is -0.444 e. The number of benzene rings is 1. The fourth-order valence-electron chi connectivity index (χ4n) is 3.76. The number of carbonyl (C=O) groups excluding carboxylic acids is 1. The summed E-state index contributed by atoms with van der Waals surface area (Å²) in [7, 11) is 0. The summed E-state index contributed by atoms with van der Waals surface area (Å²) in [5.74, 6) is 2.38. The number of aromatic nitrogens is 2. The second kappa shape index (κ2) is 10.4. The molecule has 1 atom stereocenters. The molecule has 1 amide bonds. The van der Waals surface area contributed by atoms with Gasteiger partial charge in [-0.3, -0.25) is 0 Å². The van der Waals surface area contributed by atoms with E-state index in [1.54, 1.807) is 12.4 Å². The minimum atomic E-state index is -0.500. The average Bonchev–Trinajstić information content (AvgIpc) is 3.28. The number of nitrogens with zero attached hydrogens (tertiary/aromatic N) is 3. The lowest BCUT2D eigenvalue weighted by Gasteiger charge is -2.22. The zero-order valence-electron chi connectivity index (χ0n) is 19.8. The van der Waals surface area contributed by atoms with Gasteiger partial charge in [0, 0.05) is 37.7 Å². The number of ether oxygens (including phenoxy) is 2. The highest BCUT2D eigenvalue weighted by atomic mass is 16.6. The standard InChI is InChI=1S/C26H31N5O3/c1-26(2,3)34-25(32)29-17-19-13-16-31(18-19)22-7-6-15-28-24(22)33-21-11-9-20(10-12-21)30-23-8-4-5-14-27-23/h4-12,14-15,19H,13,16-18H2,1-3H3,(H,27,30)(H,29,32). The molecule has 1 aromatic carbocycles. The van der Waals surface area contributed by atoms with Gasteiger partial charge in [-0.05, 0) is 81.6 Å². The van der Waals surface area contributed by atoms with Gasteiger partial charge in [-0.2, -0.15) is 0 Å². The maximum atomic E-state index is 12.0. The van der Waals surface area contributed by atoms with Crippen LogP contribution in [0.15, 0.2) is 67.0 Å². The molecule has 1 unspecified atom stereocenters. The Balaban J connectivity index is 1.34. The minimum absolute atomic E-state index is 0.331. The third-order valence-corrected chi connectivity index (χ3v) is 5.32. The monoisotopic (exact) mass is 461 g/mol. The van der Waals surface area contributed by atoms with Crippen LogP contribution in [0.4, 0.5) is 22.0 Å². The molecule has 8 nitrogen and oxygen atoms in total. The van der Waals surface area contributed by atoms with E-state index in [0.717, 1.165) is 36.7 Å². The first-order valence-electron chi connectivity index (χ1n) is 11.5. The molecule has 3 heterocycles. The van der Waals surface area contributed by atoms with Crippen LogP contribution < -0.4 is 20.3 Å². The van der Waals surface area contributed by atoms with Crippen molar-refractivity contribution in [1.82, 2.24) is 15.3 Å². The molecule has 0 aliphatic carbocycles. The third-order valence-electron chi connectivity index (χ3n) is 5.32. The van der Waals surface area contributed by atoms with E-state index in [1.807, 2.05) is 75.4 Å². The van der Waals surface area contributed by atoms with Gasteiger partial charge in [0.15, 0.2) is 0 Å². The fraction of sp³-hybridized carbons (Fsp3) is 0.346. The second-order valence-corrected chi connectivity index (χ2v) is 9.28. The van der Waals surface area contributed by atoms with E-state index in [4.69, 9.17) is 9.47 Å². The summed E-state index contributed by atoms with van der Waals surface area (Å²) >= 11 is 0. The number of alkyl carbamates (subject to hydrolysis) is 1. The lowest BCUT2D eigenvalue weighted by Crippen LogP contribution is -2.36. The first-order valence-corrected chi connectivity index (χ1v) is 11.5. The van der Waals surface area contributed by atoms with E-state index in [1.165, 1.54) is 0 Å². The number of anilines is 3. The van der Waals surface area contributed by atoms with Gasteiger partial charge in [0.2, 0.25) is 5.88 Å². The molecule has 0 bridgehead atoms. The normalized spacial score (nSPS) is 15.6. The number of pyridine rings is 2. The van der Waals surface area contributed by atoms with Crippen LogP contribution in [0.3, 0.4) is 0 Å². The Morgan fingerprint density at radius 3 is 2.59 bits per heavy atom. The molecular formula is C26H31N5O3. The van der Waals surface area contributed by atoms with Crippen molar-refractivity contribution in [2.75, 3.05) is 29.9 Å². The first kappa shape index (κ1) is 23.4. The molecule has 4 rings (SSSR count). The van der Waals surface area contributed by atoms with Crippen LogP contribution in [0, 0.1) is 5.92 Å². The number of hydrogen-bond acceptors (Lipinski definition) is 7. The maximum absolute atomic E-state index is 12.0. The summed E-state index contributed by atoms with van der Waals surface area (Å²) in [5, 5.41) is 6.14. The smallest absolute Gasteiger partial charge is 0.407 e. The molecule has 1 aliphatic heterocycles. The summed E-state index contributed by atoms with van der Waals surface area (Å²) in [6.07, 6.45) is 4.07. The van der Waals surface area contributed by atoms with E-state index in [2.05, 4.69) is 25.5 Å². The molecule has 1 saturated heterocycles. The molecule has 178 valence electrons. The summed E-state index contributed by atoms with van der Waals surface area (Å²) in [6.45, 7) is 7.84. The number of nitrogens with one attached hydrogen (secondary N) is 2. The molecule has 0 spiro atoms. The number of hydrogen-bond donors (Lipinski definition) is 2. The topological polar surface area (TPSA) is 88.6 Å².